The molecule has 0 aliphatic heterocycles. The number of nitrogens with zero attached hydrogens (tertiary/aromatic N) is 2. The maximum atomic E-state index is 12.9. The molecule has 3 aromatic carbocycles. The Kier molecular flexibility index (Phi) is 5.57. The van der Waals surface area contributed by atoms with Gasteiger partial charge in [-0.3, -0.25) is 4.79 Å². The second-order valence-electron chi connectivity index (χ2n) is 7.47. The van der Waals surface area contributed by atoms with Crippen molar-refractivity contribution in [3.63, 3.8) is 0 Å². The van der Waals surface area contributed by atoms with Crippen molar-refractivity contribution in [1.82, 2.24) is 9.99 Å². The fourth-order valence-corrected chi connectivity index (χ4v) is 3.69. The fourth-order valence-electron chi connectivity index (χ4n) is 3.69. The summed E-state index contributed by atoms with van der Waals surface area (Å²) in [6, 6.07) is 20.5. The van der Waals surface area contributed by atoms with Gasteiger partial charge in [-0.2, -0.15) is 18.3 Å². The van der Waals surface area contributed by atoms with Crippen molar-refractivity contribution in [2.75, 3.05) is 0 Å². The second kappa shape index (κ2) is 8.34. The van der Waals surface area contributed by atoms with Crippen LogP contribution >= 0.6 is 0 Å². The highest BCUT2D eigenvalue weighted by Crippen LogP contribution is 2.29. The molecule has 1 heterocycles. The molecule has 4 nitrogen and oxygen atoms in total. The highest BCUT2D eigenvalue weighted by molar-refractivity contribution is 5.95. The lowest BCUT2D eigenvalue weighted by Crippen LogP contribution is -2.18. The molecule has 0 radical (unpaired) electrons. The largest absolute Gasteiger partial charge is 0.416 e. The quantitative estimate of drug-likeness (QED) is 0.309. The number of carbonyl (C=O) groups is 1. The van der Waals surface area contributed by atoms with Gasteiger partial charge in [0.25, 0.3) is 5.91 Å². The van der Waals surface area contributed by atoms with Gasteiger partial charge in [-0.25, -0.2) is 5.43 Å². The Bertz CT molecular complexity index is 1340. The Labute approximate surface area is 183 Å². The Balaban J connectivity index is 1.55. The van der Waals surface area contributed by atoms with E-state index in [2.05, 4.69) is 39.4 Å². The first-order chi connectivity index (χ1) is 15.2. The molecule has 1 amide bonds. The molecular weight excluding hydrogens is 415 g/mol. The number of carbonyl (C=O) groups excluding carboxylic acids is 1. The highest BCUT2D eigenvalue weighted by atomic mass is 19.4. The van der Waals surface area contributed by atoms with Crippen LogP contribution in [0.1, 0.15) is 32.9 Å². The van der Waals surface area contributed by atoms with Crippen LogP contribution in [0.3, 0.4) is 0 Å². The molecule has 0 saturated carbocycles. The average molecular weight is 435 g/mol. The molecule has 0 spiro atoms. The smallest absolute Gasteiger partial charge is 0.318 e. The van der Waals surface area contributed by atoms with Crippen LogP contribution < -0.4 is 5.43 Å². The molecular formula is C25H20F3N3O. The van der Waals surface area contributed by atoms with Crippen LogP contribution in [0.25, 0.3) is 16.5 Å². The number of benzene rings is 3. The third kappa shape index (κ3) is 4.27. The minimum Gasteiger partial charge on any atom is -0.318 e. The lowest BCUT2D eigenvalue weighted by molar-refractivity contribution is -0.137. The van der Waals surface area contributed by atoms with Gasteiger partial charge in [0.05, 0.1) is 11.8 Å². The monoisotopic (exact) mass is 435 g/mol. The van der Waals surface area contributed by atoms with Crippen LogP contribution in [0.15, 0.2) is 77.9 Å². The van der Waals surface area contributed by atoms with E-state index in [-0.39, 0.29) is 5.56 Å². The topological polar surface area (TPSA) is 46.4 Å². The van der Waals surface area contributed by atoms with Crippen LogP contribution in [0.4, 0.5) is 13.2 Å². The Morgan fingerprint density at radius 2 is 1.69 bits per heavy atom. The zero-order chi connectivity index (χ0) is 22.9. The van der Waals surface area contributed by atoms with Gasteiger partial charge >= 0.3 is 6.18 Å². The standard InChI is InChI=1S/C25H20F3N3O/c1-16-12-21(15-29-30-24(32)20-8-5-9-22(13-20)25(26,27)28)17(2)31(16)23-11-10-18-6-3-4-7-19(18)14-23/h3-15H,1-2H3,(H,30,32)/b29-15-. The first-order valence-electron chi connectivity index (χ1n) is 9.93. The number of fused-ring (bicyclic) bond motifs is 1. The van der Waals surface area contributed by atoms with Crippen LogP contribution in [0, 0.1) is 13.8 Å². The summed E-state index contributed by atoms with van der Waals surface area (Å²) in [5.74, 6) is -0.712. The number of aryl methyl sites for hydroxylation is 1. The van der Waals surface area contributed by atoms with Gasteiger partial charge in [-0.1, -0.05) is 36.4 Å². The zero-order valence-electron chi connectivity index (χ0n) is 17.4. The molecule has 0 unspecified atom stereocenters. The molecule has 0 fully saturated rings. The summed E-state index contributed by atoms with van der Waals surface area (Å²) in [7, 11) is 0. The van der Waals surface area contributed by atoms with Crippen molar-refractivity contribution in [3.05, 3.63) is 101 Å². The summed E-state index contributed by atoms with van der Waals surface area (Å²) in [4.78, 5) is 12.2. The molecule has 4 aromatic rings. The van der Waals surface area contributed by atoms with Gasteiger partial charge in [0, 0.05) is 28.2 Å². The van der Waals surface area contributed by atoms with E-state index in [1.165, 1.54) is 18.3 Å². The minimum atomic E-state index is -4.51. The normalized spacial score (nSPS) is 11.9. The third-order valence-electron chi connectivity index (χ3n) is 5.28. The fraction of sp³-hybridized carbons (Fsp3) is 0.120. The first kappa shape index (κ1) is 21.4. The number of amides is 1. The lowest BCUT2D eigenvalue weighted by atomic mass is 10.1. The zero-order valence-corrected chi connectivity index (χ0v) is 17.4. The van der Waals surface area contributed by atoms with E-state index in [1.54, 1.807) is 0 Å². The van der Waals surface area contributed by atoms with Gasteiger partial charge in [0.1, 0.15) is 0 Å². The van der Waals surface area contributed by atoms with Crippen molar-refractivity contribution in [1.29, 1.82) is 0 Å². The number of hydrazone groups is 1. The summed E-state index contributed by atoms with van der Waals surface area (Å²) in [6.45, 7) is 3.92. The Hall–Kier alpha value is -3.87. The van der Waals surface area contributed by atoms with Crippen LogP contribution in [-0.2, 0) is 6.18 Å². The first-order valence-corrected chi connectivity index (χ1v) is 9.93. The number of halogens is 3. The Morgan fingerprint density at radius 1 is 0.938 bits per heavy atom. The van der Waals surface area contributed by atoms with Crippen molar-refractivity contribution in [2.45, 2.75) is 20.0 Å². The molecule has 0 saturated heterocycles. The molecule has 162 valence electrons. The van der Waals surface area contributed by atoms with E-state index in [9.17, 15) is 18.0 Å². The van der Waals surface area contributed by atoms with E-state index in [0.29, 0.717) is 0 Å². The molecule has 4 rings (SSSR count). The van der Waals surface area contributed by atoms with Crippen LogP contribution in [0.5, 0.6) is 0 Å². The van der Waals surface area contributed by atoms with E-state index in [0.717, 1.165) is 45.5 Å². The second-order valence-corrected chi connectivity index (χ2v) is 7.47. The molecule has 0 atom stereocenters. The third-order valence-corrected chi connectivity index (χ3v) is 5.28. The predicted octanol–water partition coefficient (Wildman–Crippen LogP) is 6.03. The van der Waals surface area contributed by atoms with Crippen molar-refractivity contribution < 1.29 is 18.0 Å². The van der Waals surface area contributed by atoms with Crippen molar-refractivity contribution in [2.24, 2.45) is 5.10 Å². The van der Waals surface area contributed by atoms with Crippen LogP contribution in [-0.4, -0.2) is 16.7 Å². The number of hydrogen-bond acceptors (Lipinski definition) is 2. The molecule has 32 heavy (non-hydrogen) atoms. The summed E-state index contributed by atoms with van der Waals surface area (Å²) < 4.78 is 40.6. The van der Waals surface area contributed by atoms with E-state index < -0.39 is 17.6 Å². The molecule has 1 N–H and O–H groups in total. The Morgan fingerprint density at radius 3 is 2.44 bits per heavy atom. The summed E-state index contributed by atoms with van der Waals surface area (Å²) >= 11 is 0. The SMILES string of the molecule is Cc1cc(/C=N\NC(=O)c2cccc(C(F)(F)F)c2)c(C)n1-c1ccc2ccccc2c1. The molecule has 7 heteroatoms. The van der Waals surface area contributed by atoms with Gasteiger partial charge in [0.2, 0.25) is 0 Å². The number of alkyl halides is 3. The van der Waals surface area contributed by atoms with Crippen molar-refractivity contribution >= 4 is 22.9 Å². The molecule has 0 aliphatic carbocycles. The lowest BCUT2D eigenvalue weighted by Gasteiger charge is -2.11. The number of aromatic nitrogens is 1. The number of nitrogens with one attached hydrogen (secondary N) is 1. The van der Waals surface area contributed by atoms with Crippen LogP contribution in [0.2, 0.25) is 0 Å². The summed E-state index contributed by atoms with van der Waals surface area (Å²) in [6.07, 6.45) is -3.02. The van der Waals surface area contributed by atoms with Crippen molar-refractivity contribution in [3.8, 4) is 5.69 Å². The molecule has 0 aliphatic rings. The van der Waals surface area contributed by atoms with E-state index in [1.807, 2.05) is 38.1 Å². The minimum absolute atomic E-state index is 0.112. The van der Waals surface area contributed by atoms with Gasteiger partial charge < -0.3 is 4.57 Å². The summed E-state index contributed by atoms with van der Waals surface area (Å²) in [5.41, 5.74) is 5.02. The predicted molar refractivity (Wildman–Crippen MR) is 119 cm³/mol. The maximum absolute atomic E-state index is 12.9. The summed E-state index contributed by atoms with van der Waals surface area (Å²) in [5, 5.41) is 6.23. The van der Waals surface area contributed by atoms with E-state index >= 15 is 0 Å². The van der Waals surface area contributed by atoms with Gasteiger partial charge in [-0.15, -0.1) is 0 Å². The average Bonchev–Trinajstić information content (AvgIpc) is 3.05. The molecule has 1 aromatic heterocycles. The molecule has 0 bridgehead atoms. The maximum Gasteiger partial charge on any atom is 0.416 e. The van der Waals surface area contributed by atoms with Gasteiger partial charge in [-0.05, 0) is 61.0 Å². The number of rotatable bonds is 4. The highest BCUT2D eigenvalue weighted by Gasteiger charge is 2.30. The van der Waals surface area contributed by atoms with Gasteiger partial charge in [0.15, 0.2) is 0 Å². The van der Waals surface area contributed by atoms with E-state index in [4.69, 9.17) is 0 Å². The number of hydrogen-bond donors (Lipinski definition) is 1.